The van der Waals surface area contributed by atoms with Gasteiger partial charge in [-0.1, -0.05) is 166 Å². The molecular weight excluding hydrogens is 1470 g/mol. The largest absolute Gasteiger partial charge is 1.00 e. The van der Waals surface area contributed by atoms with E-state index in [-0.39, 0.29) is 78.0 Å². The third-order valence-corrected chi connectivity index (χ3v) is 27.7. The minimum Gasteiger partial charge on any atom is -1.00 e. The summed E-state index contributed by atoms with van der Waals surface area (Å²) in [6.45, 7) is 64.7. The zero-order valence-corrected chi connectivity index (χ0v) is 73.1. The van der Waals surface area contributed by atoms with Crippen LogP contribution in [0, 0.1) is 11.8 Å². The van der Waals surface area contributed by atoms with Gasteiger partial charge in [0, 0.05) is 13.8 Å². The zero-order chi connectivity index (χ0) is 75.9. The Morgan fingerprint density at radius 1 is 0.562 bits per heavy atom. The number of hydrogen-bond acceptors (Lipinski definition) is 21. The smallest absolute Gasteiger partial charge is 0.508 e. The predicted molar refractivity (Wildman–Crippen MR) is 398 cm³/mol. The Morgan fingerprint density at radius 3 is 0.969 bits per heavy atom. The van der Waals surface area contributed by atoms with Crippen LogP contribution in [0.25, 0.3) is 0 Å². The number of alkyl halides is 1. The lowest BCUT2D eigenvalue weighted by atomic mass is 10.1. The molecule has 23 nitrogen and oxygen atoms in total. The van der Waals surface area contributed by atoms with Crippen molar-refractivity contribution in [3.63, 3.8) is 0 Å². The molecule has 0 bridgehead atoms. The maximum Gasteiger partial charge on any atom is 0.508 e. The summed E-state index contributed by atoms with van der Waals surface area (Å²) in [5.41, 5.74) is 0. The van der Waals surface area contributed by atoms with Crippen molar-refractivity contribution in [3.8, 4) is 0 Å². The molecule has 0 aliphatic carbocycles. The van der Waals surface area contributed by atoms with E-state index < -0.39 is 61.5 Å². The Morgan fingerprint density at radius 2 is 0.792 bits per heavy atom. The molecule has 0 aromatic heterocycles. The average molecular weight is 1620 g/mol. The molecule has 1 rings (SSSR count). The number of aliphatic hydroxyl groups is 3. The van der Waals surface area contributed by atoms with Crippen LogP contribution in [0.4, 0.5) is 14.4 Å². The fourth-order valence-electron chi connectivity index (χ4n) is 5.65. The number of rotatable bonds is 31. The van der Waals surface area contributed by atoms with Crippen molar-refractivity contribution in [2.75, 3.05) is 110 Å². The number of halogens is 3. The van der Waals surface area contributed by atoms with Crippen molar-refractivity contribution >= 4 is 101 Å². The molecule has 1 aliphatic heterocycles. The van der Waals surface area contributed by atoms with Gasteiger partial charge in [0.2, 0.25) is 8.06 Å². The maximum absolute atomic E-state index is 11.2. The summed E-state index contributed by atoms with van der Waals surface area (Å²) in [6, 6.07) is 0. The zero-order valence-electron chi connectivity index (χ0n) is 65.2. The number of esters is 2. The van der Waals surface area contributed by atoms with Crippen molar-refractivity contribution in [1.29, 1.82) is 0 Å². The summed E-state index contributed by atoms with van der Waals surface area (Å²) in [7, 11) is -1.95. The summed E-state index contributed by atoms with van der Waals surface area (Å²) in [5, 5.41) is 31.1. The van der Waals surface area contributed by atoms with Gasteiger partial charge in [-0.2, -0.15) is 9.59 Å². The predicted octanol–water partition coefficient (Wildman–Crippen LogP) is 8.79. The number of hydrogen-bond donors (Lipinski definition) is 4. The molecular formula is C65H143ClFIN2O21P2Si3. The van der Waals surface area contributed by atoms with Gasteiger partial charge in [-0.25, -0.2) is 19.5 Å². The molecule has 96 heavy (non-hydrogen) atoms. The summed E-state index contributed by atoms with van der Waals surface area (Å²) in [6.07, 6.45) is 9.12. The molecule has 0 aromatic rings. The number of carbonyl (C=O) groups is 5. The highest BCUT2D eigenvalue weighted by Gasteiger charge is 2.39. The van der Waals surface area contributed by atoms with Crippen LogP contribution in [0.15, 0.2) is 0 Å². The first-order chi connectivity index (χ1) is 43.2. The summed E-state index contributed by atoms with van der Waals surface area (Å²) < 4.78 is 55.8. The van der Waals surface area contributed by atoms with Crippen LogP contribution in [0.5, 0.6) is 0 Å². The van der Waals surface area contributed by atoms with E-state index in [4.69, 9.17) is 62.3 Å². The molecule has 31 heteroatoms. The van der Waals surface area contributed by atoms with Gasteiger partial charge in [0.25, 0.3) is 0 Å². The lowest BCUT2D eigenvalue weighted by Crippen LogP contribution is -3.00. The van der Waals surface area contributed by atoms with Crippen molar-refractivity contribution in [1.82, 2.24) is 0 Å². The van der Waals surface area contributed by atoms with Crippen LogP contribution in [-0.4, -0.2) is 204 Å². The molecule has 0 spiro atoms. The van der Waals surface area contributed by atoms with Gasteiger partial charge in [-0.3, -0.25) is 9.59 Å². The van der Waals surface area contributed by atoms with Crippen LogP contribution in [0.1, 0.15) is 197 Å². The molecule has 1 heterocycles. The van der Waals surface area contributed by atoms with Gasteiger partial charge in [-0.15, -0.1) is 0 Å². The van der Waals surface area contributed by atoms with Gasteiger partial charge >= 0.3 is 36.6 Å². The Hall–Kier alpha value is -1.86. The van der Waals surface area contributed by atoms with Crippen molar-refractivity contribution < 1.29 is 127 Å². The quantitative estimate of drug-likeness (QED) is 0.00481. The number of quaternary nitrogens is 1. The van der Waals surface area contributed by atoms with Crippen LogP contribution in [0.2, 0.25) is 54.4 Å². The van der Waals surface area contributed by atoms with E-state index in [0.29, 0.717) is 51.0 Å². The second kappa shape index (κ2) is 72.9. The van der Waals surface area contributed by atoms with Crippen molar-refractivity contribution in [2.24, 2.45) is 11.8 Å². The van der Waals surface area contributed by atoms with Crippen LogP contribution in [-0.2, 0) is 70.4 Å². The molecule has 582 valence electrons. The van der Waals surface area contributed by atoms with E-state index in [2.05, 4.69) is 187 Å². The second-order valence-corrected chi connectivity index (χ2v) is 42.9. The third kappa shape index (κ3) is 90.2. The van der Waals surface area contributed by atoms with E-state index in [1.807, 2.05) is 32.6 Å². The highest BCUT2D eigenvalue weighted by molar-refractivity contribution is 14.1. The molecule has 1 saturated heterocycles. The number of unbranched alkanes of at least 4 members (excludes halogenated alkanes) is 4. The fraction of sp³-hybridized carbons (Fsp3) is 0.908. The van der Waals surface area contributed by atoms with E-state index in [0.717, 1.165) is 14.7 Å². The SMILES string of the molecule is CC(=O)OC(C)=O.CC(C)(C)[Si](C)(C)OCCO.CC(C)COC(=O)OCCO.CC(C)COC(=O)OCCO[Si](C)(C)C(C)(C)C.CC(O)COC(=O)OCCO[Si](C)(C)C(C)(C)C.CC1CO1.CCCC[N+](CCCC)(CCCC)CCCC.CI.O=C=O.[Cl-].[F-].[NH2+]=PP. The van der Waals surface area contributed by atoms with Crippen LogP contribution >= 0.6 is 39.6 Å². The van der Waals surface area contributed by atoms with Crippen molar-refractivity contribution in [3.05, 3.63) is 0 Å². The first-order valence-electron chi connectivity index (χ1n) is 33.0. The van der Waals surface area contributed by atoms with Gasteiger partial charge in [0.05, 0.1) is 91.2 Å². The molecule has 0 saturated carbocycles. The van der Waals surface area contributed by atoms with E-state index >= 15 is 0 Å². The number of nitrogens with two attached hydrogens (primary N) is 1. The standard InChI is InChI=1S/C16H36N.C13H28O4Si.C12H26O5Si.C8H20O2Si.C7H14O4.C4H6O3.C3H6O.CH3I.CO2.ClH.FH.H3NP2/c1-5-9-13-17(14-10-6-2,15-11-7-3)16-12-8-4;1-11(2)10-16-12(14)15-8-9-17-18(6,7)13(3,4)5;1-10(13)9-16-11(14)15-7-8-17-18(5,6)12(2,3)4;1-8(2,3)11(4,5)10-7-6-9;1-6(2)5-11-7(9)10-4-3-8;1-3(5)7-4(2)6;1-3-2-4-3;1-2;2-1-3;;;1-3-2/h5-16H2,1-4H3;11H,8-10H2,1-7H3;10,13H,7-9H2,1-6H3;9H,6-7H2,1-5H3;6,8H,3-5H2,1-2H3;1-2H3;3H,2H2,1H3;1H3;;2*1H;1H,2H2/q+1;;;;;;;;;;;/p-1. The summed E-state index contributed by atoms with van der Waals surface area (Å²) >= 11 is 2.15. The molecule has 3 atom stereocenters. The highest BCUT2D eigenvalue weighted by atomic mass is 127. The van der Waals surface area contributed by atoms with E-state index in [9.17, 15) is 24.0 Å². The highest BCUT2D eigenvalue weighted by Crippen LogP contribution is 2.38. The lowest BCUT2D eigenvalue weighted by molar-refractivity contribution is -0.929. The Kier molecular flexibility index (Phi) is 89.7. The number of carbonyl (C=O) groups excluding carboxylic acids is 7. The van der Waals surface area contributed by atoms with Gasteiger partial charge < -0.3 is 88.1 Å². The monoisotopic (exact) mass is 1610 g/mol. The lowest BCUT2D eigenvalue weighted by Gasteiger charge is -2.39. The molecule has 0 aromatic carbocycles. The molecule has 3 unspecified atom stereocenters. The number of nitrogens with zero attached hydrogens (tertiary/aromatic N) is 1. The van der Waals surface area contributed by atoms with Crippen LogP contribution < -0.4 is 22.3 Å². The Balaban J connectivity index is -0.0000000981. The van der Waals surface area contributed by atoms with Gasteiger partial charge in [-0.05, 0) is 120 Å². The summed E-state index contributed by atoms with van der Waals surface area (Å²) in [4.78, 5) is 70.6. The Bertz CT molecular complexity index is 1740. The third-order valence-electron chi connectivity index (χ3n) is 14.1. The van der Waals surface area contributed by atoms with Gasteiger partial charge in [0.1, 0.15) is 26.4 Å². The number of ether oxygens (including phenoxy) is 8. The molecule has 0 amide bonds. The molecule has 1 fully saturated rings. The second-order valence-electron chi connectivity index (χ2n) is 27.3. The molecule has 0 radical (unpaired) electrons. The summed E-state index contributed by atoms with van der Waals surface area (Å²) in [5.74, 6) is -0.502. The minimum atomic E-state index is -1.79. The fourth-order valence-corrected chi connectivity index (χ4v) is 8.74. The molecule has 1 aliphatic rings. The maximum atomic E-state index is 11.2. The Labute approximate surface area is 609 Å². The van der Waals surface area contributed by atoms with Gasteiger partial charge in [0.15, 0.2) is 25.0 Å². The first-order valence-corrected chi connectivity index (χ1v) is 46.5. The minimum absolute atomic E-state index is 0. The normalized spacial score (nSPS) is 12.4. The molecule has 5 N–H and O–H groups in total. The van der Waals surface area contributed by atoms with E-state index in [1.54, 1.807) is 0 Å². The first kappa shape index (κ1) is 118. The topological polar surface area (TPSA) is 311 Å². The number of aliphatic hydroxyl groups excluding tert-OH is 3. The van der Waals surface area contributed by atoms with E-state index in [1.165, 1.54) is 103 Å². The van der Waals surface area contributed by atoms with Crippen molar-refractivity contribution in [2.45, 2.75) is 263 Å². The van der Waals surface area contributed by atoms with Crippen LogP contribution in [0.3, 0.4) is 0 Å². The number of epoxide rings is 1. The average Bonchev–Trinajstić information content (AvgIpc) is 1.49.